The van der Waals surface area contributed by atoms with Crippen molar-refractivity contribution < 1.29 is 14.2 Å². The molecule has 33 heavy (non-hydrogen) atoms. The predicted molar refractivity (Wildman–Crippen MR) is 137 cm³/mol. The molecule has 1 aliphatic rings. The van der Waals surface area contributed by atoms with Crippen molar-refractivity contribution in [3.05, 3.63) is 66.7 Å². The van der Waals surface area contributed by atoms with Crippen LogP contribution in [0.2, 0.25) is 0 Å². The lowest BCUT2D eigenvalue weighted by molar-refractivity contribution is -0.206. The molecule has 0 N–H and O–H groups in total. The second-order valence-electron chi connectivity index (χ2n) is 9.44. The van der Waals surface area contributed by atoms with E-state index in [0.717, 1.165) is 49.9 Å². The normalized spacial score (nSPS) is 19.2. The number of hydrogen-bond donors (Lipinski definition) is 0. The Morgan fingerprint density at radius 2 is 1.61 bits per heavy atom. The topological polar surface area (TPSA) is 27.7 Å². The lowest BCUT2D eigenvalue weighted by atomic mass is 10.0. The monoisotopic (exact) mass is 450 g/mol. The maximum Gasteiger partial charge on any atom is 0.183 e. The van der Waals surface area contributed by atoms with Gasteiger partial charge < -0.3 is 14.2 Å². The second kappa shape index (κ2) is 14.2. The molecule has 3 heteroatoms. The van der Waals surface area contributed by atoms with Gasteiger partial charge in [-0.15, -0.1) is 6.58 Å². The molecule has 1 heterocycles. The number of ether oxygens (including phenoxy) is 3. The molecule has 0 saturated carbocycles. The van der Waals surface area contributed by atoms with Crippen molar-refractivity contribution >= 4 is 0 Å². The maximum atomic E-state index is 6.03. The summed E-state index contributed by atoms with van der Waals surface area (Å²) in [7, 11) is 0. The molecule has 0 radical (unpaired) electrons. The summed E-state index contributed by atoms with van der Waals surface area (Å²) in [6.07, 6.45) is 11.4. The Balaban J connectivity index is 1.41. The van der Waals surface area contributed by atoms with Gasteiger partial charge >= 0.3 is 0 Å². The molecule has 2 aromatic rings. The van der Waals surface area contributed by atoms with Gasteiger partial charge in [0.25, 0.3) is 0 Å². The summed E-state index contributed by atoms with van der Waals surface area (Å²) < 4.78 is 18.0. The zero-order valence-electron chi connectivity index (χ0n) is 20.6. The molecule has 1 unspecified atom stereocenters. The van der Waals surface area contributed by atoms with Crippen LogP contribution in [0.4, 0.5) is 0 Å². The Labute approximate surface area is 201 Å². The standard InChI is InChI=1S/C30H42O3/c1-4-6-7-8-9-12-25-22-32-30(33-23-25)28-15-13-26(14-16-28)27-17-19-29(20-18-27)31-21-10-11-24(3)5-2/h4,13-20,24-25,30H,1,5-12,21-23H2,2-3H3. The van der Waals surface area contributed by atoms with Crippen LogP contribution in [-0.4, -0.2) is 19.8 Å². The van der Waals surface area contributed by atoms with E-state index in [2.05, 4.69) is 69.0 Å². The van der Waals surface area contributed by atoms with E-state index in [1.807, 2.05) is 6.08 Å². The minimum Gasteiger partial charge on any atom is -0.494 e. The molecule has 1 atom stereocenters. The summed E-state index contributed by atoms with van der Waals surface area (Å²) in [5.74, 6) is 2.24. The van der Waals surface area contributed by atoms with Crippen LogP contribution in [0.3, 0.4) is 0 Å². The van der Waals surface area contributed by atoms with E-state index < -0.39 is 0 Å². The van der Waals surface area contributed by atoms with Crippen molar-refractivity contribution in [2.45, 2.75) is 71.5 Å². The third-order valence-corrected chi connectivity index (χ3v) is 6.66. The van der Waals surface area contributed by atoms with Gasteiger partial charge in [-0.2, -0.15) is 0 Å². The second-order valence-corrected chi connectivity index (χ2v) is 9.44. The molecule has 1 saturated heterocycles. The van der Waals surface area contributed by atoms with Crippen LogP contribution in [0.15, 0.2) is 61.2 Å². The minimum atomic E-state index is -0.248. The molecule has 0 bridgehead atoms. The van der Waals surface area contributed by atoms with Gasteiger partial charge in [-0.1, -0.05) is 75.6 Å². The van der Waals surface area contributed by atoms with Crippen molar-refractivity contribution in [3.8, 4) is 16.9 Å². The van der Waals surface area contributed by atoms with E-state index in [1.165, 1.54) is 49.7 Å². The van der Waals surface area contributed by atoms with Gasteiger partial charge in [0.2, 0.25) is 0 Å². The molecule has 0 aliphatic carbocycles. The summed E-state index contributed by atoms with van der Waals surface area (Å²) in [6.45, 7) is 10.7. The Morgan fingerprint density at radius 1 is 0.939 bits per heavy atom. The fourth-order valence-corrected chi connectivity index (χ4v) is 4.20. The molecular formula is C30H42O3. The average molecular weight is 451 g/mol. The molecule has 1 aliphatic heterocycles. The minimum absolute atomic E-state index is 0.248. The first-order chi connectivity index (χ1) is 16.2. The number of unbranched alkanes of at least 4 members (excludes halogenated alkanes) is 3. The lowest BCUT2D eigenvalue weighted by Gasteiger charge is -2.29. The Morgan fingerprint density at radius 3 is 2.24 bits per heavy atom. The molecule has 180 valence electrons. The Kier molecular flexibility index (Phi) is 11.0. The van der Waals surface area contributed by atoms with Gasteiger partial charge in [-0.25, -0.2) is 0 Å². The predicted octanol–water partition coefficient (Wildman–Crippen LogP) is 8.36. The fraction of sp³-hybridized carbons (Fsp3) is 0.533. The highest BCUT2D eigenvalue weighted by atomic mass is 16.7. The van der Waals surface area contributed by atoms with Gasteiger partial charge in [0, 0.05) is 11.5 Å². The van der Waals surface area contributed by atoms with E-state index in [0.29, 0.717) is 5.92 Å². The van der Waals surface area contributed by atoms with E-state index in [9.17, 15) is 0 Å². The Hall–Kier alpha value is -2.10. The first kappa shape index (κ1) is 25.5. The summed E-state index contributed by atoms with van der Waals surface area (Å²) in [5, 5.41) is 0. The molecule has 3 nitrogen and oxygen atoms in total. The maximum absolute atomic E-state index is 6.03. The van der Waals surface area contributed by atoms with Crippen LogP contribution >= 0.6 is 0 Å². The van der Waals surface area contributed by atoms with Crippen LogP contribution in [0.5, 0.6) is 5.75 Å². The van der Waals surface area contributed by atoms with Crippen molar-refractivity contribution in [1.29, 1.82) is 0 Å². The lowest BCUT2D eigenvalue weighted by Crippen LogP contribution is -2.27. The first-order valence-corrected chi connectivity index (χ1v) is 12.9. The number of rotatable bonds is 14. The van der Waals surface area contributed by atoms with Crippen LogP contribution in [0, 0.1) is 11.8 Å². The van der Waals surface area contributed by atoms with Crippen LogP contribution < -0.4 is 4.74 Å². The van der Waals surface area contributed by atoms with E-state index in [-0.39, 0.29) is 6.29 Å². The highest BCUT2D eigenvalue weighted by molar-refractivity contribution is 5.64. The summed E-state index contributed by atoms with van der Waals surface area (Å²) in [6, 6.07) is 16.9. The van der Waals surface area contributed by atoms with Crippen LogP contribution in [0.25, 0.3) is 11.1 Å². The highest BCUT2D eigenvalue weighted by Gasteiger charge is 2.23. The van der Waals surface area contributed by atoms with Crippen molar-refractivity contribution in [3.63, 3.8) is 0 Å². The van der Waals surface area contributed by atoms with Gasteiger partial charge in [-0.05, 0) is 61.3 Å². The SMILES string of the molecule is C=CCCCCCC1COC(c2ccc(-c3ccc(OCCCC(C)CC)cc3)cc2)OC1. The number of hydrogen-bond acceptors (Lipinski definition) is 3. The summed E-state index contributed by atoms with van der Waals surface area (Å²) in [5.41, 5.74) is 3.47. The largest absolute Gasteiger partial charge is 0.494 e. The molecule has 3 rings (SSSR count). The average Bonchev–Trinajstić information content (AvgIpc) is 2.87. The molecule has 0 amide bonds. The van der Waals surface area contributed by atoms with Gasteiger partial charge in [0.05, 0.1) is 19.8 Å². The summed E-state index contributed by atoms with van der Waals surface area (Å²) in [4.78, 5) is 0. The van der Waals surface area contributed by atoms with E-state index in [4.69, 9.17) is 14.2 Å². The summed E-state index contributed by atoms with van der Waals surface area (Å²) >= 11 is 0. The Bertz CT molecular complexity index is 788. The molecular weight excluding hydrogens is 408 g/mol. The third-order valence-electron chi connectivity index (χ3n) is 6.66. The molecule has 2 aromatic carbocycles. The molecule has 1 fully saturated rings. The van der Waals surface area contributed by atoms with Crippen molar-refractivity contribution in [2.75, 3.05) is 19.8 Å². The number of allylic oxidation sites excluding steroid dienone is 1. The third kappa shape index (κ3) is 8.64. The van der Waals surface area contributed by atoms with Gasteiger partial charge in [0.15, 0.2) is 6.29 Å². The zero-order valence-corrected chi connectivity index (χ0v) is 20.6. The van der Waals surface area contributed by atoms with Crippen LogP contribution in [-0.2, 0) is 9.47 Å². The van der Waals surface area contributed by atoms with Crippen molar-refractivity contribution in [2.24, 2.45) is 11.8 Å². The van der Waals surface area contributed by atoms with Crippen molar-refractivity contribution in [1.82, 2.24) is 0 Å². The molecule has 0 spiro atoms. The van der Waals surface area contributed by atoms with E-state index in [1.54, 1.807) is 0 Å². The van der Waals surface area contributed by atoms with Crippen LogP contribution in [0.1, 0.15) is 77.1 Å². The highest BCUT2D eigenvalue weighted by Crippen LogP contribution is 2.30. The fourth-order valence-electron chi connectivity index (χ4n) is 4.20. The smallest absolute Gasteiger partial charge is 0.183 e. The zero-order chi connectivity index (χ0) is 23.3. The molecule has 0 aromatic heterocycles. The van der Waals surface area contributed by atoms with Gasteiger partial charge in [0.1, 0.15) is 5.75 Å². The van der Waals surface area contributed by atoms with Gasteiger partial charge in [-0.3, -0.25) is 0 Å². The first-order valence-electron chi connectivity index (χ1n) is 12.9. The quantitative estimate of drug-likeness (QED) is 0.214. The van der Waals surface area contributed by atoms with E-state index >= 15 is 0 Å². The number of benzene rings is 2.